The van der Waals surface area contributed by atoms with Gasteiger partial charge in [-0.05, 0) is 46.5 Å². The Bertz CT molecular complexity index is 855. The van der Waals surface area contributed by atoms with Crippen LogP contribution in [0.4, 0.5) is 4.39 Å². The molecule has 0 fully saturated rings. The summed E-state index contributed by atoms with van der Waals surface area (Å²) in [5.41, 5.74) is 3.64. The summed E-state index contributed by atoms with van der Waals surface area (Å²) in [7, 11) is 0. The summed E-state index contributed by atoms with van der Waals surface area (Å²) < 4.78 is 18.9. The van der Waals surface area contributed by atoms with Gasteiger partial charge in [-0.3, -0.25) is 4.79 Å². The Hall–Kier alpha value is -3.14. The summed E-state index contributed by atoms with van der Waals surface area (Å²) >= 11 is 0. The van der Waals surface area contributed by atoms with Gasteiger partial charge in [0.1, 0.15) is 18.2 Å². The Morgan fingerprint density at radius 1 is 0.920 bits per heavy atom. The molecule has 3 rings (SSSR count). The first-order valence-electron chi connectivity index (χ1n) is 7.89. The van der Waals surface area contributed by atoms with Crippen molar-refractivity contribution in [3.63, 3.8) is 0 Å². The summed E-state index contributed by atoms with van der Waals surface area (Å²) in [6.45, 7) is 0.367. The van der Waals surface area contributed by atoms with Crippen molar-refractivity contribution >= 4 is 5.97 Å². The lowest BCUT2D eigenvalue weighted by Crippen LogP contribution is -2.00. The van der Waals surface area contributed by atoms with E-state index in [4.69, 9.17) is 9.84 Å². The molecular formula is C21H17FO3. The Morgan fingerprint density at radius 3 is 2.28 bits per heavy atom. The van der Waals surface area contributed by atoms with E-state index in [1.807, 2.05) is 24.3 Å². The molecule has 3 aromatic rings. The summed E-state index contributed by atoms with van der Waals surface area (Å²) in [6, 6.07) is 21.2. The molecular weight excluding hydrogens is 319 g/mol. The van der Waals surface area contributed by atoms with Crippen molar-refractivity contribution in [1.82, 2.24) is 0 Å². The van der Waals surface area contributed by atoms with Crippen LogP contribution in [0.5, 0.6) is 5.75 Å². The molecule has 0 heterocycles. The van der Waals surface area contributed by atoms with Gasteiger partial charge >= 0.3 is 5.97 Å². The lowest BCUT2D eigenvalue weighted by molar-refractivity contribution is -0.136. The lowest BCUT2D eigenvalue weighted by atomic mass is 10.0. The lowest BCUT2D eigenvalue weighted by Gasteiger charge is -2.12. The van der Waals surface area contributed by atoms with Crippen molar-refractivity contribution in [3.8, 4) is 16.9 Å². The zero-order valence-corrected chi connectivity index (χ0v) is 13.5. The van der Waals surface area contributed by atoms with Crippen LogP contribution in [0.25, 0.3) is 11.1 Å². The summed E-state index contributed by atoms with van der Waals surface area (Å²) in [4.78, 5) is 10.7. The average Bonchev–Trinajstić information content (AvgIpc) is 2.62. The van der Waals surface area contributed by atoms with Gasteiger partial charge < -0.3 is 9.84 Å². The number of carboxylic acids is 1. The van der Waals surface area contributed by atoms with Crippen molar-refractivity contribution in [2.75, 3.05) is 0 Å². The monoisotopic (exact) mass is 336 g/mol. The Morgan fingerprint density at radius 2 is 1.60 bits per heavy atom. The van der Waals surface area contributed by atoms with E-state index < -0.39 is 5.97 Å². The quantitative estimate of drug-likeness (QED) is 0.710. The van der Waals surface area contributed by atoms with E-state index in [-0.39, 0.29) is 12.2 Å². The fourth-order valence-corrected chi connectivity index (χ4v) is 2.60. The van der Waals surface area contributed by atoms with Crippen LogP contribution in [0, 0.1) is 5.82 Å². The molecule has 1 N–H and O–H groups in total. The van der Waals surface area contributed by atoms with Crippen LogP contribution in [0.2, 0.25) is 0 Å². The Kier molecular flexibility index (Phi) is 5.09. The molecule has 3 aromatic carbocycles. The third kappa shape index (κ3) is 4.44. The second-order valence-electron chi connectivity index (χ2n) is 5.67. The molecule has 0 atom stereocenters. The first-order chi connectivity index (χ1) is 12.1. The fourth-order valence-electron chi connectivity index (χ4n) is 2.60. The minimum absolute atomic E-state index is 0.00627. The second kappa shape index (κ2) is 7.62. The standard InChI is InChI=1S/C21H17FO3/c22-18-9-7-16(8-10-18)20-4-2-1-3-17(20)14-25-19-11-5-15(6-12-19)13-21(23)24/h1-12H,13-14H2,(H,23,24). The van der Waals surface area contributed by atoms with Gasteiger partial charge in [0.25, 0.3) is 0 Å². The van der Waals surface area contributed by atoms with Crippen molar-refractivity contribution in [2.45, 2.75) is 13.0 Å². The SMILES string of the molecule is O=C(O)Cc1ccc(OCc2ccccc2-c2ccc(F)cc2)cc1. The number of carboxylic acid groups (broad SMARTS) is 1. The topological polar surface area (TPSA) is 46.5 Å². The largest absolute Gasteiger partial charge is 0.489 e. The van der Waals surface area contributed by atoms with Crippen LogP contribution in [0.3, 0.4) is 0 Å². The third-order valence-corrected chi connectivity index (χ3v) is 3.85. The molecule has 25 heavy (non-hydrogen) atoms. The second-order valence-corrected chi connectivity index (χ2v) is 5.67. The van der Waals surface area contributed by atoms with E-state index in [0.717, 1.165) is 22.3 Å². The van der Waals surface area contributed by atoms with E-state index in [1.54, 1.807) is 36.4 Å². The zero-order valence-electron chi connectivity index (χ0n) is 13.5. The number of halogens is 1. The highest BCUT2D eigenvalue weighted by molar-refractivity contribution is 5.70. The molecule has 0 bridgehead atoms. The maximum atomic E-state index is 13.1. The number of aliphatic carboxylic acids is 1. The van der Waals surface area contributed by atoms with Gasteiger partial charge in [0, 0.05) is 0 Å². The van der Waals surface area contributed by atoms with Crippen LogP contribution in [0.1, 0.15) is 11.1 Å². The summed E-state index contributed by atoms with van der Waals surface area (Å²) in [6.07, 6.45) is -0.00627. The van der Waals surface area contributed by atoms with Gasteiger partial charge in [-0.2, -0.15) is 0 Å². The van der Waals surface area contributed by atoms with Crippen molar-refractivity contribution < 1.29 is 19.0 Å². The molecule has 0 aliphatic heterocycles. The van der Waals surface area contributed by atoms with Gasteiger partial charge in [-0.15, -0.1) is 0 Å². The molecule has 0 amide bonds. The maximum absolute atomic E-state index is 13.1. The number of hydrogen-bond acceptors (Lipinski definition) is 2. The Labute approximate surface area is 145 Å². The predicted octanol–water partition coefficient (Wildman–Crippen LogP) is 4.70. The van der Waals surface area contributed by atoms with Crippen molar-refractivity contribution in [3.05, 3.63) is 89.7 Å². The highest BCUT2D eigenvalue weighted by Crippen LogP contribution is 2.25. The minimum Gasteiger partial charge on any atom is -0.489 e. The number of hydrogen-bond donors (Lipinski definition) is 1. The summed E-state index contributed by atoms with van der Waals surface area (Å²) in [5, 5.41) is 8.79. The number of benzene rings is 3. The average molecular weight is 336 g/mol. The fraction of sp³-hybridized carbons (Fsp3) is 0.0952. The number of carbonyl (C=O) groups is 1. The first-order valence-corrected chi connectivity index (χ1v) is 7.89. The molecule has 0 aromatic heterocycles. The van der Waals surface area contributed by atoms with E-state index in [2.05, 4.69) is 0 Å². The third-order valence-electron chi connectivity index (χ3n) is 3.85. The van der Waals surface area contributed by atoms with Crippen LogP contribution >= 0.6 is 0 Å². The molecule has 0 unspecified atom stereocenters. The van der Waals surface area contributed by atoms with Crippen molar-refractivity contribution in [2.24, 2.45) is 0 Å². The number of ether oxygens (including phenoxy) is 1. The molecule has 4 heteroatoms. The van der Waals surface area contributed by atoms with Crippen LogP contribution in [0.15, 0.2) is 72.8 Å². The molecule has 0 aliphatic carbocycles. The predicted molar refractivity (Wildman–Crippen MR) is 93.9 cm³/mol. The molecule has 126 valence electrons. The highest BCUT2D eigenvalue weighted by atomic mass is 19.1. The smallest absolute Gasteiger partial charge is 0.307 e. The van der Waals surface area contributed by atoms with Gasteiger partial charge in [-0.1, -0.05) is 48.5 Å². The molecule has 0 saturated heterocycles. The van der Waals surface area contributed by atoms with E-state index in [0.29, 0.717) is 12.4 Å². The highest BCUT2D eigenvalue weighted by Gasteiger charge is 2.06. The van der Waals surface area contributed by atoms with Crippen molar-refractivity contribution in [1.29, 1.82) is 0 Å². The number of rotatable bonds is 6. The first kappa shape index (κ1) is 16.7. The molecule has 0 aliphatic rings. The van der Waals surface area contributed by atoms with Crippen LogP contribution in [-0.4, -0.2) is 11.1 Å². The molecule has 0 radical (unpaired) electrons. The molecule has 0 saturated carbocycles. The minimum atomic E-state index is -0.859. The van der Waals surface area contributed by atoms with Crippen LogP contribution in [-0.2, 0) is 17.8 Å². The Balaban J connectivity index is 1.73. The maximum Gasteiger partial charge on any atom is 0.307 e. The molecule has 0 spiro atoms. The van der Waals surface area contributed by atoms with E-state index in [1.165, 1.54) is 12.1 Å². The van der Waals surface area contributed by atoms with Gasteiger partial charge in [0.2, 0.25) is 0 Å². The van der Waals surface area contributed by atoms with E-state index in [9.17, 15) is 9.18 Å². The van der Waals surface area contributed by atoms with Gasteiger partial charge in [-0.25, -0.2) is 4.39 Å². The van der Waals surface area contributed by atoms with Gasteiger partial charge in [0.15, 0.2) is 0 Å². The summed E-state index contributed by atoms with van der Waals surface area (Å²) in [5.74, 6) is -0.455. The van der Waals surface area contributed by atoms with E-state index >= 15 is 0 Å². The normalized spacial score (nSPS) is 10.4. The van der Waals surface area contributed by atoms with Crippen LogP contribution < -0.4 is 4.74 Å². The molecule has 3 nitrogen and oxygen atoms in total. The zero-order chi connectivity index (χ0) is 17.6. The van der Waals surface area contributed by atoms with Gasteiger partial charge in [0.05, 0.1) is 6.42 Å².